The molecule has 0 aliphatic carbocycles. The average molecular weight is 543 g/mol. The summed E-state index contributed by atoms with van der Waals surface area (Å²) in [5.41, 5.74) is 0.696. The highest BCUT2D eigenvalue weighted by molar-refractivity contribution is 7.22. The minimum atomic E-state index is -0.809. The zero-order valence-corrected chi connectivity index (χ0v) is 22.2. The van der Waals surface area contributed by atoms with E-state index in [1.54, 1.807) is 29.8 Å². The second-order valence-electron chi connectivity index (χ2n) is 8.76. The number of amides is 1. The molecule has 1 saturated heterocycles. The van der Waals surface area contributed by atoms with Gasteiger partial charge in [-0.2, -0.15) is 0 Å². The molecule has 5 rings (SSSR count). The summed E-state index contributed by atoms with van der Waals surface area (Å²) in [6.45, 7) is 2.39. The quantitative estimate of drug-likeness (QED) is 0.360. The van der Waals surface area contributed by atoms with Crippen molar-refractivity contribution in [2.24, 2.45) is 0 Å². The van der Waals surface area contributed by atoms with Gasteiger partial charge in [-0.1, -0.05) is 18.2 Å². The van der Waals surface area contributed by atoms with E-state index in [1.807, 2.05) is 31.2 Å². The summed E-state index contributed by atoms with van der Waals surface area (Å²) in [5, 5.41) is 15.7. The van der Waals surface area contributed by atoms with Gasteiger partial charge in [0.2, 0.25) is 11.8 Å². The summed E-state index contributed by atoms with van der Waals surface area (Å²) in [5.74, 6) is 0.899. The number of carbonyl (C=O) groups excluding carboxylic acids is 1. The molecule has 0 spiro atoms. The topological polar surface area (TPSA) is 140 Å². The maximum Gasteiger partial charge on any atom is 0.332 e. The van der Waals surface area contributed by atoms with Gasteiger partial charge in [0.1, 0.15) is 22.9 Å². The highest BCUT2D eigenvalue weighted by Crippen LogP contribution is 2.36. The molecule has 4 aromatic rings. The van der Waals surface area contributed by atoms with E-state index in [-0.39, 0.29) is 19.1 Å². The third-order valence-electron chi connectivity index (χ3n) is 6.48. The van der Waals surface area contributed by atoms with Crippen molar-refractivity contribution < 1.29 is 24.2 Å². The summed E-state index contributed by atoms with van der Waals surface area (Å²) in [4.78, 5) is 47.2. The molecular formula is C26H30N4O7S. The molecule has 1 amide bonds. The third kappa shape index (κ3) is 5.02. The molecule has 0 bridgehead atoms. The Kier molecular flexibility index (Phi) is 8.45. The first-order valence-electron chi connectivity index (χ1n) is 12.1. The molecule has 2 N–H and O–H groups in total. The van der Waals surface area contributed by atoms with Crippen molar-refractivity contribution in [3.63, 3.8) is 0 Å². The fourth-order valence-electron chi connectivity index (χ4n) is 4.56. The zero-order chi connectivity index (χ0) is 27.4. The number of methoxy groups -OCH3 is 1. The molecule has 1 aliphatic heterocycles. The second kappa shape index (κ2) is 11.8. The van der Waals surface area contributed by atoms with Gasteiger partial charge in [0.25, 0.3) is 5.56 Å². The number of para-hydroxylation sites is 1. The minimum Gasteiger partial charge on any atom is -0.496 e. The van der Waals surface area contributed by atoms with E-state index in [9.17, 15) is 14.4 Å². The highest BCUT2D eigenvalue weighted by atomic mass is 32.1. The highest BCUT2D eigenvalue weighted by Gasteiger charge is 2.34. The lowest BCUT2D eigenvalue weighted by molar-refractivity contribution is -0.129. The number of likely N-dealkylation sites (tertiary alicyclic amines) is 1. The monoisotopic (exact) mass is 542 g/mol. The number of likely N-dealkylation sites (N-methyl/N-ethyl adjacent to an activating group) is 1. The number of nitrogens with zero attached hydrogens (tertiary/aromatic N) is 4. The Hall–Kier alpha value is -3.74. The predicted molar refractivity (Wildman–Crippen MR) is 143 cm³/mol. The standard InChI is InChI=1S/C24H24N4O5S.C2H6O2/c1-14-18-22(30)28(16-9-11-26(2)21(16)29)24(31)27(12-8-15-6-4-5-7-17(15)32-3)23(18)34-19(14)20-25-10-13-33-20;3-1-2-4/h4-7,10,13,16H,8-9,11-12H2,1-3H3;3-4H,1-2H2. The lowest BCUT2D eigenvalue weighted by Crippen LogP contribution is -2.44. The molecule has 1 fully saturated rings. The number of aliphatic hydroxyl groups excluding tert-OH is 2. The first kappa shape index (κ1) is 27.3. The van der Waals surface area contributed by atoms with Gasteiger partial charge in [0.15, 0.2) is 0 Å². The summed E-state index contributed by atoms with van der Waals surface area (Å²) >= 11 is 1.30. The van der Waals surface area contributed by atoms with Gasteiger partial charge in [-0.25, -0.2) is 14.3 Å². The number of ether oxygens (including phenoxy) is 1. The number of aryl methyl sites for hydroxylation is 3. The number of thiophene rings is 1. The number of fused-ring (bicyclic) bond motifs is 1. The van der Waals surface area contributed by atoms with Crippen LogP contribution in [0.25, 0.3) is 21.0 Å². The van der Waals surface area contributed by atoms with Crippen molar-refractivity contribution in [2.45, 2.75) is 32.4 Å². The van der Waals surface area contributed by atoms with Crippen LogP contribution in [0.5, 0.6) is 5.75 Å². The van der Waals surface area contributed by atoms with E-state index in [1.165, 1.54) is 17.6 Å². The summed E-state index contributed by atoms with van der Waals surface area (Å²) in [7, 11) is 3.29. The Balaban J connectivity index is 0.000000786. The Morgan fingerprint density at radius 1 is 1.18 bits per heavy atom. The fraction of sp³-hybridized carbons (Fsp3) is 0.385. The third-order valence-corrected chi connectivity index (χ3v) is 7.78. The Bertz CT molecular complexity index is 1540. The lowest BCUT2D eigenvalue weighted by atomic mass is 10.1. The number of rotatable bonds is 7. The minimum absolute atomic E-state index is 0.125. The van der Waals surface area contributed by atoms with Crippen molar-refractivity contribution in [1.82, 2.24) is 19.0 Å². The SMILES string of the molecule is COc1ccccc1CCn1c(=O)n(C2CCN(C)C2=O)c(=O)c2c(C)c(-c3ncco3)sc21.OCCO. The van der Waals surface area contributed by atoms with E-state index in [0.717, 1.165) is 15.9 Å². The maximum absolute atomic E-state index is 13.7. The molecule has 1 aliphatic rings. The van der Waals surface area contributed by atoms with Gasteiger partial charge in [-0.3, -0.25) is 14.2 Å². The molecule has 38 heavy (non-hydrogen) atoms. The Morgan fingerprint density at radius 2 is 1.92 bits per heavy atom. The van der Waals surface area contributed by atoms with Crippen LogP contribution in [0.4, 0.5) is 0 Å². The van der Waals surface area contributed by atoms with Crippen LogP contribution in [0.2, 0.25) is 0 Å². The molecular weight excluding hydrogens is 512 g/mol. The number of aliphatic hydroxyl groups is 2. The van der Waals surface area contributed by atoms with Crippen LogP contribution in [0.1, 0.15) is 23.6 Å². The predicted octanol–water partition coefficient (Wildman–Crippen LogP) is 1.81. The number of hydrogen-bond acceptors (Lipinski definition) is 9. The Labute approximate surface area is 222 Å². The van der Waals surface area contributed by atoms with E-state index in [2.05, 4.69) is 4.98 Å². The number of benzene rings is 1. The Morgan fingerprint density at radius 3 is 2.53 bits per heavy atom. The molecule has 1 unspecified atom stereocenters. The van der Waals surface area contributed by atoms with Gasteiger partial charge in [-0.15, -0.1) is 11.3 Å². The van der Waals surface area contributed by atoms with Crippen LogP contribution in [0.3, 0.4) is 0 Å². The summed E-state index contributed by atoms with van der Waals surface area (Å²) < 4.78 is 13.7. The normalized spacial score (nSPS) is 15.1. The maximum atomic E-state index is 13.7. The van der Waals surface area contributed by atoms with Gasteiger partial charge in [0, 0.05) is 20.1 Å². The van der Waals surface area contributed by atoms with Crippen molar-refractivity contribution in [2.75, 3.05) is 33.9 Å². The van der Waals surface area contributed by atoms with Crippen molar-refractivity contribution >= 4 is 27.5 Å². The van der Waals surface area contributed by atoms with Crippen molar-refractivity contribution in [3.8, 4) is 16.5 Å². The van der Waals surface area contributed by atoms with Gasteiger partial charge < -0.3 is 24.3 Å². The average Bonchev–Trinajstić information content (AvgIpc) is 3.65. The molecule has 0 saturated carbocycles. The molecule has 0 radical (unpaired) electrons. The smallest absolute Gasteiger partial charge is 0.332 e. The molecule has 3 aromatic heterocycles. The van der Waals surface area contributed by atoms with Crippen molar-refractivity contribution in [3.05, 3.63) is 68.7 Å². The molecule has 12 heteroatoms. The van der Waals surface area contributed by atoms with Crippen molar-refractivity contribution in [1.29, 1.82) is 0 Å². The van der Waals surface area contributed by atoms with Crippen LogP contribution in [-0.4, -0.2) is 69.1 Å². The fourth-order valence-corrected chi connectivity index (χ4v) is 5.82. The largest absolute Gasteiger partial charge is 0.496 e. The molecule has 1 aromatic carbocycles. The first-order valence-corrected chi connectivity index (χ1v) is 12.9. The number of oxazole rings is 1. The zero-order valence-electron chi connectivity index (χ0n) is 21.4. The van der Waals surface area contributed by atoms with Crippen LogP contribution in [-0.2, 0) is 17.8 Å². The van der Waals surface area contributed by atoms with Gasteiger partial charge in [-0.05, 0) is 37.0 Å². The lowest BCUT2D eigenvalue weighted by Gasteiger charge is -2.17. The van der Waals surface area contributed by atoms with Crippen LogP contribution >= 0.6 is 11.3 Å². The molecule has 11 nitrogen and oxygen atoms in total. The van der Waals surface area contributed by atoms with Gasteiger partial charge in [0.05, 0.1) is 36.8 Å². The van der Waals surface area contributed by atoms with E-state index >= 15 is 0 Å². The van der Waals surface area contributed by atoms with Crippen LogP contribution in [0, 0.1) is 6.92 Å². The summed E-state index contributed by atoms with van der Waals surface area (Å²) in [6, 6.07) is 6.82. The number of aromatic nitrogens is 3. The summed E-state index contributed by atoms with van der Waals surface area (Å²) in [6.07, 6.45) is 3.94. The first-order chi connectivity index (χ1) is 18.3. The molecule has 4 heterocycles. The molecule has 202 valence electrons. The van der Waals surface area contributed by atoms with E-state index < -0.39 is 17.3 Å². The molecule has 1 atom stereocenters. The van der Waals surface area contributed by atoms with Gasteiger partial charge >= 0.3 is 5.69 Å². The van der Waals surface area contributed by atoms with E-state index in [0.29, 0.717) is 52.5 Å². The number of carbonyl (C=O) groups is 1. The van der Waals surface area contributed by atoms with Crippen LogP contribution in [0.15, 0.2) is 50.7 Å². The number of hydrogen-bond donors (Lipinski definition) is 2. The second-order valence-corrected chi connectivity index (χ2v) is 9.76. The van der Waals surface area contributed by atoms with E-state index in [4.69, 9.17) is 19.4 Å². The van der Waals surface area contributed by atoms with Crippen LogP contribution < -0.4 is 16.0 Å².